The molecule has 0 radical (unpaired) electrons. The van der Waals surface area contributed by atoms with Crippen LogP contribution in [0.1, 0.15) is 23.1 Å². The van der Waals surface area contributed by atoms with E-state index in [0.29, 0.717) is 12.8 Å². The van der Waals surface area contributed by atoms with Crippen LogP contribution in [-0.4, -0.2) is 20.7 Å². The number of rotatable bonds is 7. The standard InChI is InChI=1S/C25H21F2NO3/c26-21-13-19(14-22(27)25(21)31)28-15-18(9-6-16-4-2-1-3-5-16)20-12-17(7-10-23(20)28)8-11-24(29)30/h1-5,7,10,12-15,31H,6,8-9,11H2,(H,29,30). The summed E-state index contributed by atoms with van der Waals surface area (Å²) in [5.41, 5.74) is 4.07. The summed E-state index contributed by atoms with van der Waals surface area (Å²) in [5, 5.41) is 19.3. The number of halogens is 2. The largest absolute Gasteiger partial charge is 0.503 e. The lowest BCUT2D eigenvalue weighted by atomic mass is 10.0. The zero-order valence-electron chi connectivity index (χ0n) is 16.7. The van der Waals surface area contributed by atoms with Crippen LogP contribution in [0.5, 0.6) is 5.75 Å². The third-order valence-corrected chi connectivity index (χ3v) is 5.38. The molecule has 0 aliphatic rings. The van der Waals surface area contributed by atoms with E-state index in [-0.39, 0.29) is 12.1 Å². The molecule has 0 amide bonds. The first-order valence-electron chi connectivity index (χ1n) is 9.99. The second-order valence-electron chi connectivity index (χ2n) is 7.51. The van der Waals surface area contributed by atoms with E-state index in [1.807, 2.05) is 54.7 Å². The van der Waals surface area contributed by atoms with Crippen LogP contribution in [0, 0.1) is 11.6 Å². The topological polar surface area (TPSA) is 62.5 Å². The number of hydrogen-bond donors (Lipinski definition) is 2. The van der Waals surface area contributed by atoms with Crippen molar-refractivity contribution in [3.05, 3.63) is 95.2 Å². The number of aliphatic carboxylic acids is 1. The number of carboxylic acids is 1. The predicted octanol–water partition coefficient (Wildman–Crippen LogP) is 5.42. The van der Waals surface area contributed by atoms with E-state index in [1.165, 1.54) is 5.56 Å². The number of aromatic hydroxyl groups is 1. The molecule has 6 heteroatoms. The van der Waals surface area contributed by atoms with Crippen LogP contribution in [-0.2, 0) is 24.1 Å². The molecule has 0 bridgehead atoms. The predicted molar refractivity (Wildman–Crippen MR) is 115 cm³/mol. The Kier molecular flexibility index (Phi) is 5.71. The first-order valence-corrected chi connectivity index (χ1v) is 9.99. The van der Waals surface area contributed by atoms with Gasteiger partial charge in [-0.05, 0) is 48.1 Å². The Hall–Kier alpha value is -3.67. The molecule has 2 N–H and O–H groups in total. The molecule has 0 saturated carbocycles. The molecule has 4 aromatic rings. The Morgan fingerprint density at radius 1 is 0.871 bits per heavy atom. The number of phenolic OH excluding ortho intramolecular Hbond substituents is 1. The van der Waals surface area contributed by atoms with E-state index >= 15 is 0 Å². The van der Waals surface area contributed by atoms with Gasteiger partial charge < -0.3 is 14.8 Å². The Labute approximate surface area is 178 Å². The highest BCUT2D eigenvalue weighted by atomic mass is 19.1. The van der Waals surface area contributed by atoms with Gasteiger partial charge in [-0.3, -0.25) is 4.79 Å². The third kappa shape index (κ3) is 4.43. The summed E-state index contributed by atoms with van der Waals surface area (Å²) in [7, 11) is 0. The Balaban J connectivity index is 1.78. The average molecular weight is 421 g/mol. The number of aryl methyl sites for hydroxylation is 3. The van der Waals surface area contributed by atoms with Crippen molar-refractivity contribution in [1.29, 1.82) is 0 Å². The van der Waals surface area contributed by atoms with E-state index in [9.17, 15) is 18.7 Å². The maximum absolute atomic E-state index is 14.0. The van der Waals surface area contributed by atoms with Gasteiger partial charge in [-0.15, -0.1) is 0 Å². The molecular formula is C25H21F2NO3. The SMILES string of the molecule is O=C(O)CCc1ccc2c(c1)c(CCc1ccccc1)cn2-c1cc(F)c(O)c(F)c1. The molecule has 0 fully saturated rings. The molecule has 0 aliphatic carbocycles. The minimum atomic E-state index is -1.03. The van der Waals surface area contributed by atoms with Gasteiger partial charge in [-0.1, -0.05) is 36.4 Å². The van der Waals surface area contributed by atoms with Crippen LogP contribution < -0.4 is 0 Å². The maximum atomic E-state index is 14.0. The minimum absolute atomic E-state index is 0.0277. The van der Waals surface area contributed by atoms with E-state index in [1.54, 1.807) is 4.57 Å². The lowest BCUT2D eigenvalue weighted by molar-refractivity contribution is -0.136. The quantitative estimate of drug-likeness (QED) is 0.419. The molecule has 0 unspecified atom stereocenters. The molecule has 0 saturated heterocycles. The zero-order chi connectivity index (χ0) is 22.0. The summed E-state index contributed by atoms with van der Waals surface area (Å²) < 4.78 is 29.7. The molecule has 3 aromatic carbocycles. The number of nitrogens with zero attached hydrogens (tertiary/aromatic N) is 1. The van der Waals surface area contributed by atoms with Crippen molar-refractivity contribution in [3.8, 4) is 11.4 Å². The van der Waals surface area contributed by atoms with Gasteiger partial charge in [-0.2, -0.15) is 0 Å². The van der Waals surface area contributed by atoms with Crippen molar-refractivity contribution in [2.45, 2.75) is 25.7 Å². The summed E-state index contributed by atoms with van der Waals surface area (Å²) in [6.07, 6.45) is 3.77. The van der Waals surface area contributed by atoms with Gasteiger partial charge in [0.25, 0.3) is 0 Å². The lowest BCUT2D eigenvalue weighted by Gasteiger charge is -2.08. The van der Waals surface area contributed by atoms with Crippen molar-refractivity contribution in [1.82, 2.24) is 4.57 Å². The molecule has 0 atom stereocenters. The highest BCUT2D eigenvalue weighted by molar-refractivity contribution is 5.86. The molecule has 0 spiro atoms. The molecule has 4 rings (SSSR count). The Bertz CT molecular complexity index is 1230. The lowest BCUT2D eigenvalue weighted by Crippen LogP contribution is -1.98. The maximum Gasteiger partial charge on any atom is 0.303 e. The van der Waals surface area contributed by atoms with Crippen LogP contribution in [0.3, 0.4) is 0 Å². The van der Waals surface area contributed by atoms with Crippen LogP contribution in [0.15, 0.2) is 66.9 Å². The molecule has 0 aliphatic heterocycles. The summed E-state index contributed by atoms with van der Waals surface area (Å²) in [4.78, 5) is 10.9. The Morgan fingerprint density at radius 2 is 1.58 bits per heavy atom. The van der Waals surface area contributed by atoms with Gasteiger partial charge >= 0.3 is 5.97 Å². The average Bonchev–Trinajstić information content (AvgIpc) is 3.13. The summed E-state index contributed by atoms with van der Waals surface area (Å²) in [6.45, 7) is 0. The minimum Gasteiger partial charge on any atom is -0.503 e. The molecule has 158 valence electrons. The van der Waals surface area contributed by atoms with Crippen molar-refractivity contribution in [3.63, 3.8) is 0 Å². The van der Waals surface area contributed by atoms with Gasteiger partial charge in [-0.25, -0.2) is 8.78 Å². The fraction of sp³-hybridized carbons (Fsp3) is 0.160. The number of carboxylic acid groups (broad SMARTS) is 1. The van der Waals surface area contributed by atoms with Crippen molar-refractivity contribution in [2.75, 3.05) is 0 Å². The highest BCUT2D eigenvalue weighted by Gasteiger charge is 2.15. The number of aromatic nitrogens is 1. The van der Waals surface area contributed by atoms with Crippen molar-refractivity contribution < 1.29 is 23.8 Å². The fourth-order valence-corrected chi connectivity index (χ4v) is 3.78. The van der Waals surface area contributed by atoms with Crippen LogP contribution in [0.2, 0.25) is 0 Å². The number of phenols is 1. The van der Waals surface area contributed by atoms with Crippen LogP contribution in [0.25, 0.3) is 16.6 Å². The number of benzene rings is 3. The second kappa shape index (κ2) is 8.60. The van der Waals surface area contributed by atoms with Gasteiger partial charge in [0.05, 0.1) is 11.2 Å². The van der Waals surface area contributed by atoms with Gasteiger partial charge in [0.2, 0.25) is 0 Å². The number of hydrogen-bond acceptors (Lipinski definition) is 2. The van der Waals surface area contributed by atoms with E-state index in [0.717, 1.165) is 40.6 Å². The zero-order valence-corrected chi connectivity index (χ0v) is 16.7. The summed E-state index contributed by atoms with van der Waals surface area (Å²) >= 11 is 0. The Morgan fingerprint density at radius 3 is 2.26 bits per heavy atom. The van der Waals surface area contributed by atoms with Gasteiger partial charge in [0.15, 0.2) is 17.4 Å². The molecule has 1 aromatic heterocycles. The van der Waals surface area contributed by atoms with E-state index in [2.05, 4.69) is 0 Å². The van der Waals surface area contributed by atoms with E-state index in [4.69, 9.17) is 5.11 Å². The van der Waals surface area contributed by atoms with Crippen LogP contribution in [0.4, 0.5) is 8.78 Å². The molecule has 31 heavy (non-hydrogen) atoms. The summed E-state index contributed by atoms with van der Waals surface area (Å²) in [6, 6.07) is 17.8. The number of fused-ring (bicyclic) bond motifs is 1. The van der Waals surface area contributed by atoms with Crippen molar-refractivity contribution in [2.24, 2.45) is 0 Å². The monoisotopic (exact) mass is 421 g/mol. The fourth-order valence-electron chi connectivity index (χ4n) is 3.78. The molecule has 1 heterocycles. The smallest absolute Gasteiger partial charge is 0.303 e. The first-order chi connectivity index (χ1) is 14.9. The van der Waals surface area contributed by atoms with Crippen molar-refractivity contribution >= 4 is 16.9 Å². The van der Waals surface area contributed by atoms with E-state index < -0.39 is 23.4 Å². The third-order valence-electron chi connectivity index (χ3n) is 5.38. The molecule has 4 nitrogen and oxygen atoms in total. The first kappa shape index (κ1) is 20.6. The highest BCUT2D eigenvalue weighted by Crippen LogP contribution is 2.30. The number of carbonyl (C=O) groups is 1. The molecular weight excluding hydrogens is 400 g/mol. The summed E-state index contributed by atoms with van der Waals surface area (Å²) in [5.74, 6) is -3.92. The van der Waals surface area contributed by atoms with Gasteiger partial charge in [0.1, 0.15) is 0 Å². The van der Waals surface area contributed by atoms with Gasteiger partial charge in [0, 0.05) is 30.1 Å². The normalized spacial score (nSPS) is 11.2. The second-order valence-corrected chi connectivity index (χ2v) is 7.51. The van der Waals surface area contributed by atoms with Crippen LogP contribution >= 0.6 is 0 Å².